The van der Waals surface area contributed by atoms with Crippen LogP contribution in [0.25, 0.3) is 0 Å². The van der Waals surface area contributed by atoms with Crippen molar-refractivity contribution >= 4 is 0 Å². The van der Waals surface area contributed by atoms with Crippen molar-refractivity contribution in [2.45, 2.75) is 53.2 Å². The lowest BCUT2D eigenvalue weighted by Crippen LogP contribution is -2.35. The minimum atomic E-state index is 0.147. The second-order valence-corrected chi connectivity index (χ2v) is 6.47. The van der Waals surface area contributed by atoms with Crippen LogP contribution in [0.1, 0.15) is 43.3 Å². The van der Waals surface area contributed by atoms with Crippen LogP contribution in [0.15, 0.2) is 30.6 Å². The summed E-state index contributed by atoms with van der Waals surface area (Å²) in [6.45, 7) is 12.5. The molecule has 3 nitrogen and oxygen atoms in total. The molecule has 0 aliphatic rings. The number of hydrogen-bond donors (Lipinski definition) is 1. The molecule has 0 aliphatic heterocycles. The SMILES string of the molecule is Cc1ncn(Cc2cccc(CNC(C)(C)C)c2)c1C. The van der Waals surface area contributed by atoms with Gasteiger partial charge in [-0.3, -0.25) is 0 Å². The van der Waals surface area contributed by atoms with Gasteiger partial charge >= 0.3 is 0 Å². The van der Waals surface area contributed by atoms with Crippen LogP contribution in [0.3, 0.4) is 0 Å². The molecule has 1 aromatic carbocycles. The van der Waals surface area contributed by atoms with Gasteiger partial charge in [0, 0.05) is 24.3 Å². The third-order valence-electron chi connectivity index (χ3n) is 3.51. The van der Waals surface area contributed by atoms with E-state index in [1.165, 1.54) is 16.8 Å². The molecular weight excluding hydrogens is 246 g/mol. The van der Waals surface area contributed by atoms with E-state index in [4.69, 9.17) is 0 Å². The number of benzene rings is 1. The fourth-order valence-corrected chi connectivity index (χ4v) is 2.11. The first-order chi connectivity index (χ1) is 9.35. The first-order valence-corrected chi connectivity index (χ1v) is 7.16. The van der Waals surface area contributed by atoms with Gasteiger partial charge in [0.05, 0.1) is 12.0 Å². The molecule has 0 fully saturated rings. The van der Waals surface area contributed by atoms with E-state index < -0.39 is 0 Å². The largest absolute Gasteiger partial charge is 0.330 e. The van der Waals surface area contributed by atoms with Crippen LogP contribution in [0.5, 0.6) is 0 Å². The first-order valence-electron chi connectivity index (χ1n) is 7.16. The molecular formula is C17H25N3. The van der Waals surface area contributed by atoms with Crippen molar-refractivity contribution in [3.8, 4) is 0 Å². The summed E-state index contributed by atoms with van der Waals surface area (Å²) in [5.41, 5.74) is 5.14. The summed E-state index contributed by atoms with van der Waals surface area (Å²) in [4.78, 5) is 4.35. The lowest BCUT2D eigenvalue weighted by molar-refractivity contribution is 0.424. The van der Waals surface area contributed by atoms with Gasteiger partial charge in [0.1, 0.15) is 0 Å². The minimum Gasteiger partial charge on any atom is -0.330 e. The van der Waals surface area contributed by atoms with Gasteiger partial charge in [0.15, 0.2) is 0 Å². The van der Waals surface area contributed by atoms with Crippen molar-refractivity contribution < 1.29 is 0 Å². The molecule has 0 atom stereocenters. The van der Waals surface area contributed by atoms with Crippen LogP contribution in [0, 0.1) is 13.8 Å². The Labute approximate surface area is 122 Å². The zero-order chi connectivity index (χ0) is 14.8. The second-order valence-electron chi connectivity index (χ2n) is 6.47. The highest BCUT2D eigenvalue weighted by Crippen LogP contribution is 2.12. The van der Waals surface area contributed by atoms with Crippen molar-refractivity contribution in [2.75, 3.05) is 0 Å². The lowest BCUT2D eigenvalue weighted by Gasteiger charge is -2.20. The number of nitrogens with zero attached hydrogens (tertiary/aromatic N) is 2. The van der Waals surface area contributed by atoms with Gasteiger partial charge in [0.25, 0.3) is 0 Å². The number of hydrogen-bond acceptors (Lipinski definition) is 2. The first kappa shape index (κ1) is 14.8. The summed E-state index contributed by atoms with van der Waals surface area (Å²) < 4.78 is 2.20. The van der Waals surface area contributed by atoms with Crippen molar-refractivity contribution in [3.05, 3.63) is 53.1 Å². The minimum absolute atomic E-state index is 0.147. The summed E-state index contributed by atoms with van der Waals surface area (Å²) in [5, 5.41) is 3.53. The van der Waals surface area contributed by atoms with Gasteiger partial charge in [-0.1, -0.05) is 24.3 Å². The summed E-state index contributed by atoms with van der Waals surface area (Å²) in [6.07, 6.45) is 1.92. The normalized spacial score (nSPS) is 11.8. The van der Waals surface area contributed by atoms with Crippen LogP contribution >= 0.6 is 0 Å². The summed E-state index contributed by atoms with van der Waals surface area (Å²) in [5.74, 6) is 0. The Morgan fingerprint density at radius 1 is 1.15 bits per heavy atom. The Hall–Kier alpha value is -1.61. The molecule has 0 aliphatic carbocycles. The van der Waals surface area contributed by atoms with Crippen molar-refractivity contribution in [1.29, 1.82) is 0 Å². The molecule has 3 heteroatoms. The Bertz CT molecular complexity index is 576. The van der Waals surface area contributed by atoms with Gasteiger partial charge < -0.3 is 9.88 Å². The van der Waals surface area contributed by atoms with Gasteiger partial charge in [-0.2, -0.15) is 0 Å². The molecule has 1 heterocycles. The highest BCUT2D eigenvalue weighted by atomic mass is 15.0. The smallest absolute Gasteiger partial charge is 0.0954 e. The number of aryl methyl sites for hydroxylation is 1. The maximum absolute atomic E-state index is 4.35. The Morgan fingerprint density at radius 2 is 1.85 bits per heavy atom. The van der Waals surface area contributed by atoms with Crippen LogP contribution in [0.2, 0.25) is 0 Å². The monoisotopic (exact) mass is 271 g/mol. The lowest BCUT2D eigenvalue weighted by atomic mass is 10.1. The summed E-state index contributed by atoms with van der Waals surface area (Å²) >= 11 is 0. The molecule has 108 valence electrons. The molecule has 0 spiro atoms. The Morgan fingerprint density at radius 3 is 2.45 bits per heavy atom. The fraction of sp³-hybridized carbons (Fsp3) is 0.471. The molecule has 2 aromatic rings. The van der Waals surface area contributed by atoms with E-state index in [2.05, 4.69) is 73.8 Å². The molecule has 0 bridgehead atoms. The van der Waals surface area contributed by atoms with Crippen LogP contribution in [-0.4, -0.2) is 15.1 Å². The van der Waals surface area contributed by atoms with E-state index in [1.807, 2.05) is 6.33 Å². The molecule has 0 radical (unpaired) electrons. The standard InChI is InChI=1S/C17H25N3/c1-13-14(2)20(12-18-13)11-16-8-6-7-15(9-16)10-19-17(3,4)5/h6-9,12,19H,10-11H2,1-5H3. The average Bonchev–Trinajstić information content (AvgIpc) is 2.68. The number of rotatable bonds is 4. The molecule has 0 saturated carbocycles. The molecule has 0 saturated heterocycles. The summed E-state index contributed by atoms with van der Waals surface area (Å²) in [6, 6.07) is 8.76. The molecule has 20 heavy (non-hydrogen) atoms. The highest BCUT2D eigenvalue weighted by Gasteiger charge is 2.08. The van der Waals surface area contributed by atoms with E-state index >= 15 is 0 Å². The van der Waals surface area contributed by atoms with Crippen LogP contribution in [-0.2, 0) is 13.1 Å². The maximum Gasteiger partial charge on any atom is 0.0954 e. The van der Waals surface area contributed by atoms with Crippen molar-refractivity contribution in [2.24, 2.45) is 0 Å². The number of nitrogens with one attached hydrogen (secondary N) is 1. The fourth-order valence-electron chi connectivity index (χ4n) is 2.11. The maximum atomic E-state index is 4.35. The van der Waals surface area contributed by atoms with E-state index in [1.54, 1.807) is 0 Å². The van der Waals surface area contributed by atoms with E-state index in [9.17, 15) is 0 Å². The van der Waals surface area contributed by atoms with E-state index in [-0.39, 0.29) is 5.54 Å². The molecule has 0 amide bonds. The molecule has 0 unspecified atom stereocenters. The second kappa shape index (κ2) is 5.80. The molecule has 2 rings (SSSR count). The average molecular weight is 271 g/mol. The van der Waals surface area contributed by atoms with Gasteiger partial charge in [0.2, 0.25) is 0 Å². The predicted molar refractivity (Wildman–Crippen MR) is 83.8 cm³/mol. The predicted octanol–water partition coefficient (Wildman–Crippen LogP) is 3.44. The van der Waals surface area contributed by atoms with Gasteiger partial charge in [-0.25, -0.2) is 4.98 Å². The summed E-state index contributed by atoms with van der Waals surface area (Å²) in [7, 11) is 0. The molecule has 1 N–H and O–H groups in total. The Balaban J connectivity index is 2.08. The third-order valence-corrected chi connectivity index (χ3v) is 3.51. The number of aromatic nitrogens is 2. The van der Waals surface area contributed by atoms with Gasteiger partial charge in [-0.15, -0.1) is 0 Å². The van der Waals surface area contributed by atoms with Crippen LogP contribution < -0.4 is 5.32 Å². The van der Waals surface area contributed by atoms with Crippen molar-refractivity contribution in [1.82, 2.24) is 14.9 Å². The molecule has 1 aromatic heterocycles. The van der Waals surface area contributed by atoms with E-state index in [0.29, 0.717) is 0 Å². The number of imidazole rings is 1. The van der Waals surface area contributed by atoms with E-state index in [0.717, 1.165) is 18.8 Å². The van der Waals surface area contributed by atoms with Gasteiger partial charge in [-0.05, 0) is 45.7 Å². The van der Waals surface area contributed by atoms with Crippen LogP contribution in [0.4, 0.5) is 0 Å². The zero-order valence-electron chi connectivity index (χ0n) is 13.2. The zero-order valence-corrected chi connectivity index (χ0v) is 13.2. The van der Waals surface area contributed by atoms with Crippen molar-refractivity contribution in [3.63, 3.8) is 0 Å². The third kappa shape index (κ3) is 3.94. The quantitative estimate of drug-likeness (QED) is 0.923. The highest BCUT2D eigenvalue weighted by molar-refractivity contribution is 5.24. The topological polar surface area (TPSA) is 29.9 Å². The Kier molecular flexibility index (Phi) is 4.29.